The van der Waals surface area contributed by atoms with E-state index >= 15 is 0 Å². The zero-order valence-electron chi connectivity index (χ0n) is 13.5. The molecule has 0 aliphatic carbocycles. The minimum absolute atomic E-state index is 0.000164. The van der Waals surface area contributed by atoms with Crippen molar-refractivity contribution in [3.63, 3.8) is 0 Å². The van der Waals surface area contributed by atoms with Crippen molar-refractivity contribution >= 4 is 23.4 Å². The number of carbonyl (C=O) groups is 1. The fraction of sp³-hybridized carbons (Fsp3) is 0.588. The third kappa shape index (κ3) is 3.80. The Morgan fingerprint density at radius 2 is 2.05 bits per heavy atom. The molecule has 1 aromatic rings. The Morgan fingerprint density at radius 1 is 1.38 bits per heavy atom. The molecular formula is C17H26N2OS. The molecule has 1 atom stereocenters. The summed E-state index contributed by atoms with van der Waals surface area (Å²) in [5.41, 5.74) is 0.972. The number of nitrogens with zero attached hydrogens (tertiary/aromatic N) is 1. The summed E-state index contributed by atoms with van der Waals surface area (Å²) < 4.78 is 0. The molecule has 2 rings (SSSR count). The lowest BCUT2D eigenvalue weighted by atomic mass is 9.98. The molecule has 1 heterocycles. The standard InChI is InChI=1S/C17H26N2OS/c1-5-17(2,3)19-12-6-7-15(19)16(20)18-13-8-10-14(21-4)11-9-13/h8-11,15H,5-7,12H2,1-4H3,(H,18,20). The van der Waals surface area contributed by atoms with Crippen molar-refractivity contribution in [3.8, 4) is 0 Å². The van der Waals surface area contributed by atoms with E-state index in [1.807, 2.05) is 24.3 Å². The summed E-state index contributed by atoms with van der Waals surface area (Å²) in [6.07, 6.45) is 5.17. The number of amides is 1. The number of rotatable bonds is 5. The van der Waals surface area contributed by atoms with Crippen LogP contribution in [0.3, 0.4) is 0 Å². The van der Waals surface area contributed by atoms with E-state index in [0.29, 0.717) is 0 Å². The summed E-state index contributed by atoms with van der Waals surface area (Å²) in [6, 6.07) is 8.05. The Balaban J connectivity index is 2.04. The maximum Gasteiger partial charge on any atom is 0.241 e. The van der Waals surface area contributed by atoms with E-state index in [2.05, 4.69) is 37.2 Å². The van der Waals surface area contributed by atoms with Crippen molar-refractivity contribution in [3.05, 3.63) is 24.3 Å². The lowest BCUT2D eigenvalue weighted by Gasteiger charge is -2.38. The Hall–Kier alpha value is -1.00. The number of hydrogen-bond donors (Lipinski definition) is 1. The summed E-state index contributed by atoms with van der Waals surface area (Å²) in [5.74, 6) is 0.130. The summed E-state index contributed by atoms with van der Waals surface area (Å²) in [4.78, 5) is 16.2. The molecule has 0 aromatic heterocycles. The van der Waals surface area contributed by atoms with Crippen LogP contribution >= 0.6 is 11.8 Å². The highest BCUT2D eigenvalue weighted by Gasteiger charge is 2.38. The first kappa shape index (κ1) is 16.4. The first-order chi connectivity index (χ1) is 9.97. The van der Waals surface area contributed by atoms with E-state index in [1.165, 1.54) is 4.90 Å². The van der Waals surface area contributed by atoms with Crippen molar-refractivity contribution in [2.24, 2.45) is 0 Å². The molecule has 1 saturated heterocycles. The third-order valence-corrected chi connectivity index (χ3v) is 5.30. The number of hydrogen-bond acceptors (Lipinski definition) is 3. The van der Waals surface area contributed by atoms with Crippen LogP contribution in [0.1, 0.15) is 40.0 Å². The average molecular weight is 306 g/mol. The molecule has 1 aliphatic rings. The van der Waals surface area contributed by atoms with E-state index in [9.17, 15) is 4.79 Å². The molecule has 0 radical (unpaired) electrons. The van der Waals surface area contributed by atoms with E-state index in [4.69, 9.17) is 0 Å². The SMILES string of the molecule is CCC(C)(C)N1CCCC1C(=O)Nc1ccc(SC)cc1. The van der Waals surface area contributed by atoms with Crippen molar-refractivity contribution in [1.82, 2.24) is 4.90 Å². The van der Waals surface area contributed by atoms with Gasteiger partial charge in [-0.3, -0.25) is 9.69 Å². The lowest BCUT2D eigenvalue weighted by Crippen LogP contribution is -2.50. The van der Waals surface area contributed by atoms with Crippen molar-refractivity contribution in [2.45, 2.75) is 56.5 Å². The monoisotopic (exact) mass is 306 g/mol. The second kappa shape index (κ2) is 6.84. The first-order valence-electron chi connectivity index (χ1n) is 7.69. The molecule has 3 nitrogen and oxygen atoms in total. The third-order valence-electron chi connectivity index (χ3n) is 4.56. The molecule has 1 aromatic carbocycles. The van der Waals surface area contributed by atoms with Crippen LogP contribution < -0.4 is 5.32 Å². The van der Waals surface area contributed by atoms with Gasteiger partial charge in [-0.1, -0.05) is 6.92 Å². The Morgan fingerprint density at radius 3 is 2.62 bits per heavy atom. The van der Waals surface area contributed by atoms with Crippen molar-refractivity contribution < 1.29 is 4.79 Å². The number of thioether (sulfide) groups is 1. The minimum atomic E-state index is 0.000164. The van der Waals surface area contributed by atoms with Crippen LogP contribution in [0.5, 0.6) is 0 Å². The van der Waals surface area contributed by atoms with Gasteiger partial charge >= 0.3 is 0 Å². The average Bonchev–Trinajstić information content (AvgIpc) is 2.98. The van der Waals surface area contributed by atoms with Gasteiger partial charge in [0.1, 0.15) is 0 Å². The predicted molar refractivity (Wildman–Crippen MR) is 91.0 cm³/mol. The molecule has 0 bridgehead atoms. The highest BCUT2D eigenvalue weighted by molar-refractivity contribution is 7.98. The number of nitrogens with one attached hydrogen (secondary N) is 1. The highest BCUT2D eigenvalue weighted by Crippen LogP contribution is 2.29. The summed E-state index contributed by atoms with van der Waals surface area (Å²) in [6.45, 7) is 7.66. The zero-order chi connectivity index (χ0) is 15.5. The van der Waals surface area contributed by atoms with Gasteiger partial charge in [0, 0.05) is 16.1 Å². The van der Waals surface area contributed by atoms with E-state index in [0.717, 1.165) is 31.5 Å². The topological polar surface area (TPSA) is 32.3 Å². The first-order valence-corrected chi connectivity index (χ1v) is 8.92. The molecule has 4 heteroatoms. The number of carbonyl (C=O) groups excluding carboxylic acids is 1. The molecule has 1 aliphatic heterocycles. The van der Waals surface area contributed by atoms with Crippen molar-refractivity contribution in [2.75, 3.05) is 18.1 Å². The fourth-order valence-electron chi connectivity index (χ4n) is 2.87. The minimum Gasteiger partial charge on any atom is -0.325 e. The van der Waals surface area contributed by atoms with Gasteiger partial charge in [0.25, 0.3) is 0 Å². The van der Waals surface area contributed by atoms with Gasteiger partial charge in [0.05, 0.1) is 6.04 Å². The zero-order valence-corrected chi connectivity index (χ0v) is 14.3. The van der Waals surface area contributed by atoms with E-state index in [1.54, 1.807) is 11.8 Å². The maximum atomic E-state index is 12.6. The van der Waals surface area contributed by atoms with Crippen LogP contribution in [-0.2, 0) is 4.79 Å². The van der Waals surface area contributed by atoms with Crippen LogP contribution in [0.25, 0.3) is 0 Å². The van der Waals surface area contributed by atoms with Crippen LogP contribution in [0.4, 0.5) is 5.69 Å². The molecule has 1 fully saturated rings. The number of benzene rings is 1. The maximum absolute atomic E-state index is 12.6. The van der Waals surface area contributed by atoms with E-state index in [-0.39, 0.29) is 17.5 Å². The molecule has 116 valence electrons. The van der Waals surface area contributed by atoms with Gasteiger partial charge in [-0.25, -0.2) is 0 Å². The smallest absolute Gasteiger partial charge is 0.241 e. The lowest BCUT2D eigenvalue weighted by molar-refractivity contribution is -0.122. The summed E-state index contributed by atoms with van der Waals surface area (Å²) >= 11 is 1.71. The van der Waals surface area contributed by atoms with Crippen LogP contribution in [0.15, 0.2) is 29.2 Å². The molecular weight excluding hydrogens is 280 g/mol. The number of likely N-dealkylation sites (tertiary alicyclic amines) is 1. The van der Waals surface area contributed by atoms with Gasteiger partial charge in [-0.2, -0.15) is 0 Å². The molecule has 21 heavy (non-hydrogen) atoms. The number of anilines is 1. The molecule has 1 N–H and O–H groups in total. The quantitative estimate of drug-likeness (QED) is 0.835. The molecule has 1 amide bonds. The van der Waals surface area contributed by atoms with Gasteiger partial charge in [-0.15, -0.1) is 11.8 Å². The Bertz CT molecular complexity index is 484. The van der Waals surface area contributed by atoms with Crippen LogP contribution in [0, 0.1) is 0 Å². The highest BCUT2D eigenvalue weighted by atomic mass is 32.2. The fourth-order valence-corrected chi connectivity index (χ4v) is 3.28. The predicted octanol–water partition coefficient (Wildman–Crippen LogP) is 4.00. The normalized spacial score (nSPS) is 19.7. The van der Waals surface area contributed by atoms with E-state index < -0.39 is 0 Å². The summed E-state index contributed by atoms with van der Waals surface area (Å²) in [5, 5.41) is 3.07. The molecule has 0 spiro atoms. The van der Waals surface area contributed by atoms with Crippen LogP contribution in [-0.4, -0.2) is 35.2 Å². The van der Waals surface area contributed by atoms with Gasteiger partial charge in [-0.05, 0) is 70.2 Å². The van der Waals surface area contributed by atoms with Gasteiger partial charge in [0.15, 0.2) is 0 Å². The summed E-state index contributed by atoms with van der Waals surface area (Å²) in [7, 11) is 0. The largest absolute Gasteiger partial charge is 0.325 e. The van der Waals surface area contributed by atoms with Gasteiger partial charge in [0.2, 0.25) is 5.91 Å². The molecule has 0 saturated carbocycles. The van der Waals surface area contributed by atoms with Crippen molar-refractivity contribution in [1.29, 1.82) is 0 Å². The second-order valence-electron chi connectivity index (χ2n) is 6.24. The second-order valence-corrected chi connectivity index (χ2v) is 7.11. The Labute approximate surface area is 132 Å². The Kier molecular flexibility index (Phi) is 5.33. The van der Waals surface area contributed by atoms with Gasteiger partial charge < -0.3 is 5.32 Å². The molecule has 1 unspecified atom stereocenters. The van der Waals surface area contributed by atoms with Crippen LogP contribution in [0.2, 0.25) is 0 Å².